The highest BCUT2D eigenvalue weighted by Crippen LogP contribution is 2.59. The van der Waals surface area contributed by atoms with Crippen molar-refractivity contribution in [2.75, 3.05) is 26.9 Å². The third-order valence-corrected chi connectivity index (χ3v) is 9.63. The molecule has 1 aromatic carbocycles. The van der Waals surface area contributed by atoms with E-state index in [0.717, 1.165) is 0 Å². The van der Waals surface area contributed by atoms with E-state index in [0.29, 0.717) is 16.5 Å². The number of hydrogen-bond acceptors (Lipinski definition) is 8. The van der Waals surface area contributed by atoms with E-state index in [1.807, 2.05) is 44.2 Å². The number of cyclic esters (lactones) is 1. The van der Waals surface area contributed by atoms with Gasteiger partial charge in [-0.05, 0) is 38.8 Å². The molecule has 2 N–H and O–H groups in total. The minimum Gasteiger partial charge on any atom is -0.455 e. The summed E-state index contributed by atoms with van der Waals surface area (Å²) in [5.74, 6) is -3.88. The number of carbonyl (C=O) groups is 4. The number of carbonyl (C=O) groups excluding carboxylic acids is 4. The lowest BCUT2D eigenvalue weighted by Crippen LogP contribution is -2.59. The molecule has 4 heterocycles. The third kappa shape index (κ3) is 5.61. The van der Waals surface area contributed by atoms with Crippen molar-refractivity contribution in [2.24, 2.45) is 11.8 Å². The molecule has 3 amide bonds. The Morgan fingerprint density at radius 3 is 2.48 bits per heavy atom. The molecule has 4 aliphatic rings. The number of aliphatic hydroxyl groups is 1. The van der Waals surface area contributed by atoms with Crippen LogP contribution in [0, 0.1) is 11.8 Å². The topological polar surface area (TPSA) is 135 Å². The number of nitrogens with one attached hydrogen (secondary N) is 1. The normalized spacial score (nSPS) is 34.1. The lowest BCUT2D eigenvalue weighted by molar-refractivity contribution is -0.163. The number of allylic oxidation sites excluding steroid dienone is 1. The van der Waals surface area contributed by atoms with E-state index in [4.69, 9.17) is 14.2 Å². The van der Waals surface area contributed by atoms with Gasteiger partial charge in [0.05, 0.1) is 31.2 Å². The molecule has 8 atom stereocenters. The van der Waals surface area contributed by atoms with Gasteiger partial charge in [-0.25, -0.2) is 0 Å². The minimum absolute atomic E-state index is 0.0661. The van der Waals surface area contributed by atoms with E-state index in [-0.39, 0.29) is 44.0 Å². The van der Waals surface area contributed by atoms with Gasteiger partial charge in [0.2, 0.25) is 17.7 Å². The first kappa shape index (κ1) is 32.3. The van der Waals surface area contributed by atoms with Gasteiger partial charge >= 0.3 is 5.97 Å². The number of hydrogen-bond donors (Lipinski definition) is 2. The maximum absolute atomic E-state index is 14.4. The molecule has 11 nitrogen and oxygen atoms in total. The molecule has 2 fully saturated rings. The summed E-state index contributed by atoms with van der Waals surface area (Å²) in [6.45, 7) is 5.36. The van der Waals surface area contributed by atoms with Crippen molar-refractivity contribution in [2.45, 2.75) is 75.6 Å². The summed E-state index contributed by atoms with van der Waals surface area (Å²) in [6.07, 6.45) is 4.24. The lowest BCUT2D eigenvalue weighted by Gasteiger charge is -2.39. The fourth-order valence-electron chi connectivity index (χ4n) is 6.89. The number of nitrogens with zero attached hydrogens (tertiary/aromatic N) is 2. The summed E-state index contributed by atoms with van der Waals surface area (Å²) >= 11 is 3.56. The van der Waals surface area contributed by atoms with Crippen LogP contribution in [0.2, 0.25) is 0 Å². The summed E-state index contributed by atoms with van der Waals surface area (Å²) in [7, 11) is 1.50. The zero-order valence-corrected chi connectivity index (χ0v) is 26.9. The molecule has 5 bridgehead atoms. The molecule has 0 aliphatic carbocycles. The van der Waals surface area contributed by atoms with Crippen molar-refractivity contribution in [3.63, 3.8) is 0 Å². The molecule has 0 saturated carbocycles. The Morgan fingerprint density at radius 1 is 1.09 bits per heavy atom. The van der Waals surface area contributed by atoms with Crippen LogP contribution in [0.25, 0.3) is 0 Å². The lowest BCUT2D eigenvalue weighted by atomic mass is 9.74. The van der Waals surface area contributed by atoms with Crippen molar-refractivity contribution in [1.29, 1.82) is 0 Å². The van der Waals surface area contributed by atoms with Gasteiger partial charge in [0, 0.05) is 30.6 Å². The quantitative estimate of drug-likeness (QED) is 0.347. The second kappa shape index (κ2) is 13.1. The Bertz CT molecular complexity index is 1340. The van der Waals surface area contributed by atoms with E-state index < -0.39 is 59.6 Å². The van der Waals surface area contributed by atoms with Crippen LogP contribution < -0.4 is 5.32 Å². The average Bonchev–Trinajstić information content (AvgIpc) is 3.59. The Balaban J connectivity index is 1.64. The molecule has 1 spiro atoms. The number of ether oxygens (including phenoxy) is 3. The molecule has 44 heavy (non-hydrogen) atoms. The number of halogens is 1. The number of likely N-dealkylation sites (tertiary alicyclic amines) is 1. The Hall–Kier alpha value is -3.06. The van der Waals surface area contributed by atoms with Crippen molar-refractivity contribution in [3.05, 3.63) is 58.6 Å². The molecule has 0 aromatic heterocycles. The van der Waals surface area contributed by atoms with Crippen molar-refractivity contribution in [1.82, 2.24) is 15.1 Å². The van der Waals surface area contributed by atoms with E-state index in [9.17, 15) is 24.3 Å². The average molecular weight is 675 g/mol. The molecule has 0 unspecified atom stereocenters. The van der Waals surface area contributed by atoms with Gasteiger partial charge in [-0.1, -0.05) is 58.4 Å². The van der Waals surface area contributed by atoms with Crippen LogP contribution in [0.4, 0.5) is 0 Å². The van der Waals surface area contributed by atoms with Gasteiger partial charge in [-0.15, -0.1) is 0 Å². The van der Waals surface area contributed by atoms with Crippen LogP contribution in [-0.4, -0.2) is 101 Å². The molecule has 12 heteroatoms. The molecule has 238 valence electrons. The number of fused-ring (bicyclic) bond motifs is 2. The van der Waals surface area contributed by atoms with Crippen molar-refractivity contribution in [3.8, 4) is 0 Å². The number of esters is 1. The maximum atomic E-state index is 14.4. The number of rotatable bonds is 6. The van der Waals surface area contributed by atoms with Gasteiger partial charge in [0.1, 0.15) is 29.8 Å². The first-order chi connectivity index (χ1) is 21.0. The van der Waals surface area contributed by atoms with Crippen molar-refractivity contribution < 1.29 is 38.5 Å². The monoisotopic (exact) mass is 673 g/mol. The second-order valence-corrected chi connectivity index (χ2v) is 13.0. The molecule has 0 radical (unpaired) electrons. The molecule has 4 aliphatic heterocycles. The van der Waals surface area contributed by atoms with E-state index in [1.54, 1.807) is 30.0 Å². The molecule has 5 rings (SSSR count). The predicted molar refractivity (Wildman–Crippen MR) is 163 cm³/mol. The standard InChI is InChI=1S/C32H40BrN3O8/c1-18(2)35-14-10-6-9-13-23(38)34-22(17-42-4)26(20-11-7-5-8-12-20)43-31(41)24-25-29(39)36(19(3)16-37)28(30(35)40)32(25)15-21(33)27(24)44-32/h5-8,10-12,15,18-19,22,24-28,37H,9,13-14,16-17H2,1-4H3,(H,34,38)/b10-6-/t19-,22-,24+,25-,26-,27+,28+,32-/m1/s1. The molecule has 1 aromatic rings. The summed E-state index contributed by atoms with van der Waals surface area (Å²) in [5.41, 5.74) is -0.804. The van der Waals surface area contributed by atoms with E-state index in [2.05, 4.69) is 21.2 Å². The summed E-state index contributed by atoms with van der Waals surface area (Å²) in [6, 6.07) is 6.27. The van der Waals surface area contributed by atoms with Crippen LogP contribution >= 0.6 is 15.9 Å². The number of aliphatic hydroxyl groups excluding tert-OH is 1. The minimum atomic E-state index is -1.45. The van der Waals surface area contributed by atoms with Gasteiger partial charge < -0.3 is 34.4 Å². The SMILES string of the molecule is COC[C@H]1NC(=O)CC/C=C\CN(C(C)C)C(=O)[C@@H]2N([C@H](C)CO)C(=O)[C@H]3[C@H](C(=O)O[C@@H]1c1ccccc1)[C@H]1O[C@@]23C=C1Br. The Morgan fingerprint density at radius 2 is 1.82 bits per heavy atom. The number of amides is 3. The molecular formula is C32H40BrN3O8. The maximum Gasteiger partial charge on any atom is 0.313 e. The smallest absolute Gasteiger partial charge is 0.313 e. The van der Waals surface area contributed by atoms with Gasteiger partial charge in [-0.2, -0.15) is 0 Å². The van der Waals surface area contributed by atoms with E-state index >= 15 is 0 Å². The van der Waals surface area contributed by atoms with Crippen LogP contribution in [0.1, 0.15) is 45.3 Å². The van der Waals surface area contributed by atoms with Crippen molar-refractivity contribution >= 4 is 39.6 Å². The highest BCUT2D eigenvalue weighted by molar-refractivity contribution is 9.11. The van der Waals surface area contributed by atoms with Gasteiger partial charge in [-0.3, -0.25) is 19.2 Å². The number of benzene rings is 1. The van der Waals surface area contributed by atoms with Crippen LogP contribution in [0.3, 0.4) is 0 Å². The predicted octanol–water partition coefficient (Wildman–Crippen LogP) is 2.24. The Labute approximate surface area is 265 Å². The van der Waals surface area contributed by atoms with E-state index in [1.165, 1.54) is 12.0 Å². The second-order valence-electron chi connectivity index (χ2n) is 12.1. The molecule has 2 saturated heterocycles. The Kier molecular flexibility index (Phi) is 9.64. The largest absolute Gasteiger partial charge is 0.455 e. The zero-order valence-electron chi connectivity index (χ0n) is 25.4. The highest BCUT2D eigenvalue weighted by Gasteiger charge is 2.75. The zero-order chi connectivity index (χ0) is 31.8. The van der Waals surface area contributed by atoms with Crippen LogP contribution in [0.5, 0.6) is 0 Å². The van der Waals surface area contributed by atoms with Gasteiger partial charge in [0.25, 0.3) is 0 Å². The summed E-state index contributed by atoms with van der Waals surface area (Å²) in [4.78, 5) is 59.1. The van der Waals surface area contributed by atoms with Crippen LogP contribution in [-0.2, 0) is 33.4 Å². The molecular weight excluding hydrogens is 634 g/mol. The fourth-order valence-corrected chi connectivity index (χ4v) is 7.63. The third-order valence-electron chi connectivity index (χ3n) is 8.95. The van der Waals surface area contributed by atoms with Gasteiger partial charge in [0.15, 0.2) is 0 Å². The summed E-state index contributed by atoms with van der Waals surface area (Å²) in [5, 5.41) is 13.1. The fraction of sp³-hybridized carbons (Fsp3) is 0.562. The highest BCUT2D eigenvalue weighted by atomic mass is 79.9. The number of methoxy groups -OCH3 is 1. The van der Waals surface area contributed by atoms with Crippen LogP contribution in [0.15, 0.2) is 53.0 Å². The first-order valence-electron chi connectivity index (χ1n) is 15.0. The first-order valence-corrected chi connectivity index (χ1v) is 15.8. The summed E-state index contributed by atoms with van der Waals surface area (Å²) < 4.78 is 18.7.